The highest BCUT2D eigenvalue weighted by Crippen LogP contribution is 2.43. The zero-order chi connectivity index (χ0) is 12.3. The van der Waals surface area contributed by atoms with Gasteiger partial charge in [-0.15, -0.1) is 0 Å². The van der Waals surface area contributed by atoms with E-state index in [2.05, 4.69) is 0 Å². The Labute approximate surface area is 102 Å². The van der Waals surface area contributed by atoms with Gasteiger partial charge in [-0.25, -0.2) is 4.39 Å². The van der Waals surface area contributed by atoms with E-state index >= 15 is 4.39 Å². The first kappa shape index (κ1) is 12.3. The second kappa shape index (κ2) is 4.99. The second-order valence-electron chi connectivity index (χ2n) is 4.97. The van der Waals surface area contributed by atoms with E-state index in [1.807, 2.05) is 6.07 Å². The van der Waals surface area contributed by atoms with Crippen molar-refractivity contribution in [2.24, 2.45) is 5.92 Å². The highest BCUT2D eigenvalue weighted by Gasteiger charge is 2.45. The van der Waals surface area contributed by atoms with Crippen molar-refractivity contribution in [3.8, 4) is 0 Å². The molecule has 1 aromatic rings. The number of rotatable bonds is 3. The molecule has 17 heavy (non-hydrogen) atoms. The van der Waals surface area contributed by atoms with Crippen LogP contribution in [-0.4, -0.2) is 5.78 Å². The lowest BCUT2D eigenvalue weighted by Crippen LogP contribution is -2.38. The van der Waals surface area contributed by atoms with E-state index in [0.29, 0.717) is 5.56 Å². The minimum absolute atomic E-state index is 0.142. The number of benzene rings is 1. The molecule has 0 spiro atoms. The van der Waals surface area contributed by atoms with E-state index in [-0.39, 0.29) is 11.7 Å². The third kappa shape index (κ3) is 2.26. The molecule has 1 nitrogen and oxygen atoms in total. The fourth-order valence-electron chi connectivity index (χ4n) is 2.91. The molecule has 0 bridgehead atoms. The maximum absolute atomic E-state index is 15.2. The van der Waals surface area contributed by atoms with E-state index in [1.165, 1.54) is 13.3 Å². The van der Waals surface area contributed by atoms with Gasteiger partial charge in [0.05, 0.1) is 0 Å². The molecule has 0 amide bonds. The summed E-state index contributed by atoms with van der Waals surface area (Å²) >= 11 is 0. The summed E-state index contributed by atoms with van der Waals surface area (Å²) in [6.45, 7) is 1.38. The van der Waals surface area contributed by atoms with Crippen LogP contribution in [0.4, 0.5) is 4.39 Å². The molecule has 1 saturated carbocycles. The molecule has 0 N–H and O–H groups in total. The summed E-state index contributed by atoms with van der Waals surface area (Å²) in [4.78, 5) is 11.8. The Morgan fingerprint density at radius 2 is 1.76 bits per heavy atom. The van der Waals surface area contributed by atoms with Crippen molar-refractivity contribution in [1.82, 2.24) is 0 Å². The van der Waals surface area contributed by atoms with Gasteiger partial charge in [0.2, 0.25) is 0 Å². The molecule has 1 aliphatic rings. The van der Waals surface area contributed by atoms with Crippen LogP contribution in [0.2, 0.25) is 0 Å². The molecule has 0 radical (unpaired) electrons. The lowest BCUT2D eigenvalue weighted by atomic mass is 9.73. The van der Waals surface area contributed by atoms with Gasteiger partial charge in [-0.1, -0.05) is 49.6 Å². The van der Waals surface area contributed by atoms with Gasteiger partial charge in [-0.2, -0.15) is 0 Å². The van der Waals surface area contributed by atoms with E-state index in [9.17, 15) is 4.79 Å². The van der Waals surface area contributed by atoms with Crippen LogP contribution in [0.1, 0.15) is 44.6 Å². The van der Waals surface area contributed by atoms with Crippen LogP contribution in [0, 0.1) is 5.92 Å². The Kier molecular flexibility index (Phi) is 3.60. The second-order valence-corrected chi connectivity index (χ2v) is 4.97. The molecule has 0 aliphatic heterocycles. The minimum Gasteiger partial charge on any atom is -0.296 e. The Hall–Kier alpha value is -1.18. The van der Waals surface area contributed by atoms with Crippen LogP contribution < -0.4 is 0 Å². The first-order valence-corrected chi connectivity index (χ1v) is 6.41. The van der Waals surface area contributed by atoms with Crippen molar-refractivity contribution >= 4 is 5.78 Å². The molecule has 1 unspecified atom stereocenters. The molecule has 0 aromatic heterocycles. The molecule has 1 atom stereocenters. The van der Waals surface area contributed by atoms with Crippen LogP contribution in [-0.2, 0) is 10.5 Å². The standard InChI is InChI=1S/C15H19FO/c1-12(17)15(16,13-8-4-2-5-9-13)14-10-6-3-7-11-14/h2,4-5,8-9,14H,3,6-7,10-11H2,1H3. The smallest absolute Gasteiger partial charge is 0.196 e. The van der Waals surface area contributed by atoms with Crippen LogP contribution in [0.3, 0.4) is 0 Å². The van der Waals surface area contributed by atoms with Crippen molar-refractivity contribution in [1.29, 1.82) is 0 Å². The lowest BCUT2D eigenvalue weighted by molar-refractivity contribution is -0.134. The number of Topliss-reactive ketones (excluding diaryl/α,β-unsaturated/α-hetero) is 1. The summed E-state index contributed by atoms with van der Waals surface area (Å²) in [5, 5.41) is 0. The van der Waals surface area contributed by atoms with Gasteiger partial charge in [-0.05, 0) is 25.3 Å². The predicted molar refractivity (Wildman–Crippen MR) is 66.5 cm³/mol. The minimum atomic E-state index is -1.78. The molecule has 0 heterocycles. The van der Waals surface area contributed by atoms with E-state index in [4.69, 9.17) is 0 Å². The van der Waals surface area contributed by atoms with Crippen molar-refractivity contribution < 1.29 is 9.18 Å². The number of alkyl halides is 1. The maximum atomic E-state index is 15.2. The van der Waals surface area contributed by atoms with Crippen molar-refractivity contribution in [3.05, 3.63) is 35.9 Å². The van der Waals surface area contributed by atoms with Gasteiger partial charge in [0.25, 0.3) is 0 Å². The Bertz CT molecular complexity index is 381. The number of hydrogen-bond donors (Lipinski definition) is 0. The van der Waals surface area contributed by atoms with Crippen molar-refractivity contribution in [2.45, 2.75) is 44.7 Å². The topological polar surface area (TPSA) is 17.1 Å². The van der Waals surface area contributed by atoms with E-state index in [0.717, 1.165) is 25.7 Å². The summed E-state index contributed by atoms with van der Waals surface area (Å²) < 4.78 is 15.2. The number of hydrogen-bond acceptors (Lipinski definition) is 1. The van der Waals surface area contributed by atoms with Gasteiger partial charge in [-0.3, -0.25) is 4.79 Å². The largest absolute Gasteiger partial charge is 0.296 e. The third-order valence-corrected chi connectivity index (χ3v) is 3.87. The van der Waals surface area contributed by atoms with Gasteiger partial charge in [0.15, 0.2) is 11.5 Å². The molecular formula is C15H19FO. The average molecular weight is 234 g/mol. The molecular weight excluding hydrogens is 215 g/mol. The van der Waals surface area contributed by atoms with Crippen LogP contribution in [0.15, 0.2) is 30.3 Å². The molecule has 92 valence electrons. The summed E-state index contributed by atoms with van der Waals surface area (Å²) in [6, 6.07) is 8.92. The Balaban J connectivity index is 2.35. The monoisotopic (exact) mass is 234 g/mol. The van der Waals surface area contributed by atoms with Gasteiger partial charge < -0.3 is 0 Å². The van der Waals surface area contributed by atoms with Gasteiger partial charge >= 0.3 is 0 Å². The zero-order valence-electron chi connectivity index (χ0n) is 10.3. The number of halogens is 1. The van der Waals surface area contributed by atoms with Crippen molar-refractivity contribution in [3.63, 3.8) is 0 Å². The molecule has 0 saturated heterocycles. The summed E-state index contributed by atoms with van der Waals surface area (Å²) in [5.74, 6) is -0.494. The van der Waals surface area contributed by atoms with Crippen LogP contribution in [0.5, 0.6) is 0 Å². The normalized spacial score (nSPS) is 20.8. The number of carbonyl (C=O) groups excluding carboxylic acids is 1. The van der Waals surface area contributed by atoms with Crippen LogP contribution >= 0.6 is 0 Å². The fourth-order valence-corrected chi connectivity index (χ4v) is 2.91. The van der Waals surface area contributed by atoms with E-state index in [1.54, 1.807) is 24.3 Å². The third-order valence-electron chi connectivity index (χ3n) is 3.87. The van der Waals surface area contributed by atoms with Crippen molar-refractivity contribution in [2.75, 3.05) is 0 Å². The molecule has 1 aromatic carbocycles. The summed E-state index contributed by atoms with van der Waals surface area (Å²) in [5.41, 5.74) is -1.25. The van der Waals surface area contributed by atoms with E-state index < -0.39 is 5.67 Å². The highest BCUT2D eigenvalue weighted by atomic mass is 19.1. The van der Waals surface area contributed by atoms with Gasteiger partial charge in [0.1, 0.15) is 0 Å². The van der Waals surface area contributed by atoms with Gasteiger partial charge in [0, 0.05) is 5.92 Å². The zero-order valence-corrected chi connectivity index (χ0v) is 10.3. The first-order valence-electron chi connectivity index (χ1n) is 6.41. The van der Waals surface area contributed by atoms with Crippen LogP contribution in [0.25, 0.3) is 0 Å². The molecule has 1 aliphatic carbocycles. The Morgan fingerprint density at radius 1 is 1.18 bits per heavy atom. The average Bonchev–Trinajstić information content (AvgIpc) is 2.39. The maximum Gasteiger partial charge on any atom is 0.196 e. The lowest BCUT2D eigenvalue weighted by Gasteiger charge is -2.34. The Morgan fingerprint density at radius 3 is 2.29 bits per heavy atom. The quantitative estimate of drug-likeness (QED) is 0.772. The summed E-state index contributed by atoms with van der Waals surface area (Å²) in [6.07, 6.45) is 4.89. The number of carbonyl (C=O) groups is 1. The highest BCUT2D eigenvalue weighted by molar-refractivity contribution is 5.86. The molecule has 2 rings (SSSR count). The summed E-state index contributed by atoms with van der Waals surface area (Å²) in [7, 11) is 0. The molecule has 1 fully saturated rings. The first-order chi connectivity index (χ1) is 8.15. The molecule has 2 heteroatoms. The predicted octanol–water partition coefficient (Wildman–Crippen LogP) is 4.02. The fraction of sp³-hybridized carbons (Fsp3) is 0.533. The number of ketones is 1. The SMILES string of the molecule is CC(=O)C(F)(c1ccccc1)C1CCCCC1.